The van der Waals surface area contributed by atoms with E-state index in [0.29, 0.717) is 6.54 Å². The number of halogens is 1. The Hall–Kier alpha value is -1.06. The summed E-state index contributed by atoms with van der Waals surface area (Å²) in [5.41, 5.74) is 7.41. The zero-order valence-electron chi connectivity index (χ0n) is 10.4. The number of nitrogens with one attached hydrogen (secondary N) is 1. The molecule has 0 heterocycles. The van der Waals surface area contributed by atoms with Crippen molar-refractivity contribution in [3.05, 3.63) is 29.8 Å². The zero-order chi connectivity index (χ0) is 12.0. The minimum atomic E-state index is 0. The Morgan fingerprint density at radius 3 is 2.41 bits per heavy atom. The zero-order valence-corrected chi connectivity index (χ0v) is 11.2. The first-order valence-corrected chi connectivity index (χ1v) is 5.77. The van der Waals surface area contributed by atoms with Crippen molar-refractivity contribution >= 4 is 24.0 Å². The van der Waals surface area contributed by atoms with Gasteiger partial charge in [-0.25, -0.2) is 0 Å². The van der Waals surface area contributed by atoms with Gasteiger partial charge in [0.2, 0.25) is 5.91 Å². The van der Waals surface area contributed by atoms with Crippen LogP contribution in [0.4, 0.5) is 5.69 Å². The van der Waals surface area contributed by atoms with E-state index in [1.165, 1.54) is 0 Å². The van der Waals surface area contributed by atoms with Crippen LogP contribution in [0.5, 0.6) is 0 Å². The molecule has 0 aromatic heterocycles. The summed E-state index contributed by atoms with van der Waals surface area (Å²) in [7, 11) is 0. The van der Waals surface area contributed by atoms with Gasteiger partial charge in [-0.15, -0.1) is 12.4 Å². The van der Waals surface area contributed by atoms with Crippen molar-refractivity contribution in [3.63, 3.8) is 0 Å². The maximum absolute atomic E-state index is 11.7. The van der Waals surface area contributed by atoms with E-state index in [1.807, 2.05) is 31.2 Å². The van der Waals surface area contributed by atoms with E-state index in [9.17, 15) is 4.79 Å². The summed E-state index contributed by atoms with van der Waals surface area (Å²) in [5, 5.41) is 2.90. The van der Waals surface area contributed by atoms with Gasteiger partial charge in [0.25, 0.3) is 0 Å². The van der Waals surface area contributed by atoms with Gasteiger partial charge in [-0.05, 0) is 24.1 Å². The molecule has 1 atom stereocenters. The third kappa shape index (κ3) is 5.20. The number of anilines is 1. The van der Waals surface area contributed by atoms with Crippen LogP contribution in [0.2, 0.25) is 0 Å². The van der Waals surface area contributed by atoms with E-state index in [-0.39, 0.29) is 24.2 Å². The first kappa shape index (κ1) is 15.9. The topological polar surface area (TPSA) is 55.1 Å². The Balaban J connectivity index is 0.00000256. The number of benzene rings is 1. The average molecular weight is 257 g/mol. The van der Waals surface area contributed by atoms with E-state index in [2.05, 4.69) is 12.2 Å². The van der Waals surface area contributed by atoms with Crippen molar-refractivity contribution in [1.29, 1.82) is 0 Å². The molecule has 1 unspecified atom stereocenters. The molecule has 1 aromatic carbocycles. The van der Waals surface area contributed by atoms with Gasteiger partial charge in [-0.1, -0.05) is 32.4 Å². The molecule has 0 fully saturated rings. The van der Waals surface area contributed by atoms with Gasteiger partial charge in [0.15, 0.2) is 0 Å². The molecular weight excluding hydrogens is 236 g/mol. The second kappa shape index (κ2) is 8.09. The summed E-state index contributed by atoms with van der Waals surface area (Å²) in [6.07, 6.45) is 1.95. The molecular formula is C13H21ClN2O. The van der Waals surface area contributed by atoms with Gasteiger partial charge >= 0.3 is 0 Å². The second-order valence-corrected chi connectivity index (χ2v) is 4.08. The number of rotatable bonds is 5. The molecule has 96 valence electrons. The van der Waals surface area contributed by atoms with Crippen molar-refractivity contribution in [2.75, 3.05) is 5.32 Å². The third-order valence-electron chi connectivity index (χ3n) is 2.63. The molecule has 0 saturated heterocycles. The molecule has 0 bridgehead atoms. The lowest BCUT2D eigenvalue weighted by Gasteiger charge is -2.11. The van der Waals surface area contributed by atoms with E-state index >= 15 is 0 Å². The molecule has 3 N–H and O–H groups in total. The van der Waals surface area contributed by atoms with Gasteiger partial charge in [-0.3, -0.25) is 4.79 Å². The second-order valence-electron chi connectivity index (χ2n) is 4.08. The SMILES string of the molecule is CCCC(C)C(=O)Nc1ccc(CN)cc1.Cl. The highest BCUT2D eigenvalue weighted by atomic mass is 35.5. The number of carbonyl (C=O) groups is 1. The van der Waals surface area contributed by atoms with E-state index < -0.39 is 0 Å². The quantitative estimate of drug-likeness (QED) is 0.851. The van der Waals surface area contributed by atoms with Crippen LogP contribution in [0.3, 0.4) is 0 Å². The molecule has 4 heteroatoms. The van der Waals surface area contributed by atoms with Crippen molar-refractivity contribution < 1.29 is 4.79 Å². The fourth-order valence-electron chi connectivity index (χ4n) is 1.55. The van der Waals surface area contributed by atoms with Crippen LogP contribution in [0.25, 0.3) is 0 Å². The van der Waals surface area contributed by atoms with E-state index in [4.69, 9.17) is 5.73 Å². The monoisotopic (exact) mass is 256 g/mol. The van der Waals surface area contributed by atoms with Gasteiger partial charge in [-0.2, -0.15) is 0 Å². The smallest absolute Gasteiger partial charge is 0.227 e. The molecule has 0 aliphatic heterocycles. The molecule has 1 amide bonds. The number of hydrogen-bond acceptors (Lipinski definition) is 2. The number of carbonyl (C=O) groups excluding carboxylic acids is 1. The van der Waals surface area contributed by atoms with Crippen LogP contribution in [-0.4, -0.2) is 5.91 Å². The number of nitrogens with two attached hydrogens (primary N) is 1. The number of hydrogen-bond donors (Lipinski definition) is 2. The Morgan fingerprint density at radius 1 is 1.35 bits per heavy atom. The molecule has 0 aliphatic rings. The molecule has 1 rings (SSSR count). The maximum atomic E-state index is 11.7. The van der Waals surface area contributed by atoms with Crippen molar-refractivity contribution in [2.24, 2.45) is 11.7 Å². The van der Waals surface area contributed by atoms with Crippen LogP contribution in [0.15, 0.2) is 24.3 Å². The average Bonchev–Trinajstić information content (AvgIpc) is 2.30. The highest BCUT2D eigenvalue weighted by molar-refractivity contribution is 5.92. The first-order valence-electron chi connectivity index (χ1n) is 5.77. The lowest BCUT2D eigenvalue weighted by Crippen LogP contribution is -2.20. The maximum Gasteiger partial charge on any atom is 0.227 e. The standard InChI is InChI=1S/C13H20N2O.ClH/c1-3-4-10(2)13(16)15-12-7-5-11(9-14)6-8-12;/h5-8,10H,3-4,9,14H2,1-2H3,(H,15,16);1H. The van der Waals surface area contributed by atoms with Gasteiger partial charge in [0, 0.05) is 18.2 Å². The van der Waals surface area contributed by atoms with Crippen molar-refractivity contribution in [3.8, 4) is 0 Å². The summed E-state index contributed by atoms with van der Waals surface area (Å²) in [5.74, 6) is 0.154. The van der Waals surface area contributed by atoms with Gasteiger partial charge < -0.3 is 11.1 Å². The molecule has 1 aromatic rings. The fourth-order valence-corrected chi connectivity index (χ4v) is 1.55. The van der Waals surface area contributed by atoms with E-state index in [0.717, 1.165) is 24.1 Å². The molecule has 17 heavy (non-hydrogen) atoms. The fraction of sp³-hybridized carbons (Fsp3) is 0.462. The molecule has 0 spiro atoms. The van der Waals surface area contributed by atoms with Crippen LogP contribution in [-0.2, 0) is 11.3 Å². The predicted octanol–water partition coefficient (Wildman–Crippen LogP) is 2.94. The van der Waals surface area contributed by atoms with Gasteiger partial charge in [0.1, 0.15) is 0 Å². The largest absolute Gasteiger partial charge is 0.326 e. The van der Waals surface area contributed by atoms with Crippen molar-refractivity contribution in [2.45, 2.75) is 33.2 Å². The van der Waals surface area contributed by atoms with Crippen LogP contribution < -0.4 is 11.1 Å². The Labute approximate surface area is 109 Å². The summed E-state index contributed by atoms with van der Waals surface area (Å²) in [6, 6.07) is 7.64. The molecule has 0 saturated carbocycles. The van der Waals surface area contributed by atoms with E-state index in [1.54, 1.807) is 0 Å². The summed E-state index contributed by atoms with van der Waals surface area (Å²) >= 11 is 0. The Morgan fingerprint density at radius 2 is 1.94 bits per heavy atom. The van der Waals surface area contributed by atoms with Crippen LogP contribution >= 0.6 is 12.4 Å². The normalized spacial score (nSPS) is 11.5. The summed E-state index contributed by atoms with van der Waals surface area (Å²) < 4.78 is 0. The third-order valence-corrected chi connectivity index (χ3v) is 2.63. The van der Waals surface area contributed by atoms with Crippen LogP contribution in [0, 0.1) is 5.92 Å². The molecule has 0 aliphatic carbocycles. The lowest BCUT2D eigenvalue weighted by molar-refractivity contribution is -0.119. The lowest BCUT2D eigenvalue weighted by atomic mass is 10.1. The predicted molar refractivity (Wildman–Crippen MR) is 74.3 cm³/mol. The number of amides is 1. The highest BCUT2D eigenvalue weighted by Crippen LogP contribution is 2.12. The van der Waals surface area contributed by atoms with Crippen molar-refractivity contribution in [1.82, 2.24) is 0 Å². The summed E-state index contributed by atoms with van der Waals surface area (Å²) in [4.78, 5) is 11.7. The molecule has 3 nitrogen and oxygen atoms in total. The summed E-state index contributed by atoms with van der Waals surface area (Å²) in [6.45, 7) is 4.56. The minimum Gasteiger partial charge on any atom is -0.326 e. The minimum absolute atomic E-state index is 0. The molecule has 0 radical (unpaired) electrons. The van der Waals surface area contributed by atoms with Gasteiger partial charge in [0.05, 0.1) is 0 Å². The first-order chi connectivity index (χ1) is 7.67. The Bertz CT molecular complexity index is 338. The highest BCUT2D eigenvalue weighted by Gasteiger charge is 2.11. The Kier molecular flexibility index (Phi) is 7.59. The van der Waals surface area contributed by atoms with Crippen LogP contribution in [0.1, 0.15) is 32.3 Å².